The normalized spacial score (nSPS) is 11.2. The zero-order valence-electron chi connectivity index (χ0n) is 12.6. The van der Waals surface area contributed by atoms with Gasteiger partial charge in [-0.05, 0) is 50.6 Å². The smallest absolute Gasteiger partial charge is 0.0211 e. The van der Waals surface area contributed by atoms with Crippen LogP contribution in [0.15, 0.2) is 12.1 Å². The molecule has 0 aliphatic heterocycles. The van der Waals surface area contributed by atoms with Crippen molar-refractivity contribution >= 4 is 0 Å². The van der Waals surface area contributed by atoms with Gasteiger partial charge in [-0.3, -0.25) is 0 Å². The van der Waals surface area contributed by atoms with E-state index in [0.717, 1.165) is 32.7 Å². The maximum Gasteiger partial charge on any atom is 0.0211 e. The Morgan fingerprint density at radius 3 is 2.06 bits per heavy atom. The maximum absolute atomic E-state index is 3.56. The van der Waals surface area contributed by atoms with E-state index in [-0.39, 0.29) is 0 Å². The van der Waals surface area contributed by atoms with E-state index < -0.39 is 0 Å². The van der Waals surface area contributed by atoms with Crippen LogP contribution in [0.5, 0.6) is 0 Å². The monoisotopic (exact) mass is 248 g/mol. The molecule has 0 saturated heterocycles. The van der Waals surface area contributed by atoms with E-state index in [1.807, 2.05) is 0 Å². The SMILES string of the molecule is CCN(CC)CCNCc1c(C)cc(C)cc1C. The van der Waals surface area contributed by atoms with Crippen LogP contribution in [0.25, 0.3) is 0 Å². The number of nitrogens with zero attached hydrogens (tertiary/aromatic N) is 1. The molecule has 0 bridgehead atoms. The van der Waals surface area contributed by atoms with Crippen LogP contribution in [-0.4, -0.2) is 31.1 Å². The summed E-state index contributed by atoms with van der Waals surface area (Å²) >= 11 is 0. The molecular weight excluding hydrogens is 220 g/mol. The Bertz CT molecular complexity index is 344. The largest absolute Gasteiger partial charge is 0.311 e. The van der Waals surface area contributed by atoms with Gasteiger partial charge in [-0.15, -0.1) is 0 Å². The number of nitrogens with one attached hydrogen (secondary N) is 1. The Kier molecular flexibility index (Phi) is 6.37. The minimum Gasteiger partial charge on any atom is -0.311 e. The Morgan fingerprint density at radius 1 is 1.00 bits per heavy atom. The molecule has 0 radical (unpaired) electrons. The lowest BCUT2D eigenvalue weighted by Crippen LogP contribution is -2.31. The molecule has 2 nitrogen and oxygen atoms in total. The van der Waals surface area contributed by atoms with E-state index in [4.69, 9.17) is 0 Å². The van der Waals surface area contributed by atoms with Gasteiger partial charge in [0.2, 0.25) is 0 Å². The molecule has 1 aromatic rings. The van der Waals surface area contributed by atoms with Crippen LogP contribution in [0, 0.1) is 20.8 Å². The molecule has 18 heavy (non-hydrogen) atoms. The summed E-state index contributed by atoms with van der Waals surface area (Å²) in [5, 5.41) is 3.56. The second kappa shape index (κ2) is 7.55. The Morgan fingerprint density at radius 2 is 1.56 bits per heavy atom. The zero-order chi connectivity index (χ0) is 13.5. The van der Waals surface area contributed by atoms with Gasteiger partial charge in [-0.1, -0.05) is 31.5 Å². The number of aryl methyl sites for hydroxylation is 3. The third kappa shape index (κ3) is 4.43. The summed E-state index contributed by atoms with van der Waals surface area (Å²) in [7, 11) is 0. The number of hydrogen-bond acceptors (Lipinski definition) is 2. The van der Waals surface area contributed by atoms with Crippen LogP contribution >= 0.6 is 0 Å². The molecule has 2 heteroatoms. The highest BCUT2D eigenvalue weighted by Crippen LogP contribution is 2.15. The zero-order valence-corrected chi connectivity index (χ0v) is 12.6. The van der Waals surface area contributed by atoms with Gasteiger partial charge in [0.1, 0.15) is 0 Å². The predicted octanol–water partition coefficient (Wildman–Crippen LogP) is 3.04. The quantitative estimate of drug-likeness (QED) is 0.746. The van der Waals surface area contributed by atoms with Crippen LogP contribution in [0.3, 0.4) is 0 Å². The Balaban J connectivity index is 2.44. The molecule has 1 aromatic carbocycles. The molecule has 0 aliphatic carbocycles. The summed E-state index contributed by atoms with van der Waals surface area (Å²) in [6.45, 7) is 16.5. The summed E-state index contributed by atoms with van der Waals surface area (Å²) in [4.78, 5) is 2.45. The number of benzene rings is 1. The highest BCUT2D eigenvalue weighted by atomic mass is 15.1. The molecule has 0 aliphatic rings. The molecule has 1 N–H and O–H groups in total. The van der Waals surface area contributed by atoms with Gasteiger partial charge in [0.05, 0.1) is 0 Å². The van der Waals surface area contributed by atoms with Crippen molar-refractivity contribution in [3.8, 4) is 0 Å². The number of rotatable bonds is 7. The molecule has 0 heterocycles. The van der Waals surface area contributed by atoms with Crippen molar-refractivity contribution in [2.24, 2.45) is 0 Å². The molecule has 0 spiro atoms. The van der Waals surface area contributed by atoms with Gasteiger partial charge in [-0.25, -0.2) is 0 Å². The second-order valence-corrected chi connectivity index (χ2v) is 5.08. The minimum absolute atomic E-state index is 0.985. The van der Waals surface area contributed by atoms with Gasteiger partial charge in [-0.2, -0.15) is 0 Å². The molecule has 0 unspecified atom stereocenters. The van der Waals surface area contributed by atoms with E-state index >= 15 is 0 Å². The first-order valence-electron chi connectivity index (χ1n) is 7.08. The van der Waals surface area contributed by atoms with Gasteiger partial charge in [0.15, 0.2) is 0 Å². The molecular formula is C16H28N2. The van der Waals surface area contributed by atoms with Crippen molar-refractivity contribution < 1.29 is 0 Å². The minimum atomic E-state index is 0.985. The Labute approximate surface area is 112 Å². The first-order chi connectivity index (χ1) is 8.58. The highest BCUT2D eigenvalue weighted by Gasteiger charge is 2.04. The van der Waals surface area contributed by atoms with E-state index in [2.05, 4.69) is 57.0 Å². The van der Waals surface area contributed by atoms with Crippen LogP contribution in [0.2, 0.25) is 0 Å². The van der Waals surface area contributed by atoms with Crippen LogP contribution in [0.4, 0.5) is 0 Å². The van der Waals surface area contributed by atoms with Gasteiger partial charge in [0, 0.05) is 19.6 Å². The third-order valence-electron chi connectivity index (χ3n) is 3.64. The summed E-state index contributed by atoms with van der Waals surface area (Å²) in [6, 6.07) is 4.54. The standard InChI is InChI=1S/C16H28N2/c1-6-18(7-2)9-8-17-12-16-14(4)10-13(3)11-15(16)5/h10-11,17H,6-9,12H2,1-5H3. The maximum atomic E-state index is 3.56. The summed E-state index contributed by atoms with van der Waals surface area (Å²) in [5.74, 6) is 0. The van der Waals surface area contributed by atoms with Crippen molar-refractivity contribution in [3.63, 3.8) is 0 Å². The number of hydrogen-bond donors (Lipinski definition) is 1. The van der Waals surface area contributed by atoms with E-state index in [1.54, 1.807) is 0 Å². The highest BCUT2D eigenvalue weighted by molar-refractivity contribution is 5.37. The summed E-state index contributed by atoms with van der Waals surface area (Å²) in [6.07, 6.45) is 0. The van der Waals surface area contributed by atoms with Crippen molar-refractivity contribution in [2.45, 2.75) is 41.2 Å². The fraction of sp³-hybridized carbons (Fsp3) is 0.625. The molecule has 0 atom stereocenters. The lowest BCUT2D eigenvalue weighted by atomic mass is 10.00. The molecule has 102 valence electrons. The van der Waals surface area contributed by atoms with Gasteiger partial charge >= 0.3 is 0 Å². The molecule has 0 saturated carbocycles. The van der Waals surface area contributed by atoms with E-state index in [1.165, 1.54) is 22.3 Å². The van der Waals surface area contributed by atoms with E-state index in [0.29, 0.717) is 0 Å². The second-order valence-electron chi connectivity index (χ2n) is 5.08. The molecule has 0 amide bonds. The topological polar surface area (TPSA) is 15.3 Å². The van der Waals surface area contributed by atoms with Gasteiger partial charge in [0.25, 0.3) is 0 Å². The van der Waals surface area contributed by atoms with Crippen LogP contribution in [0.1, 0.15) is 36.1 Å². The lowest BCUT2D eigenvalue weighted by Gasteiger charge is -2.18. The third-order valence-corrected chi connectivity index (χ3v) is 3.64. The number of likely N-dealkylation sites (N-methyl/N-ethyl adjacent to an activating group) is 1. The van der Waals surface area contributed by atoms with Crippen LogP contribution < -0.4 is 5.32 Å². The average Bonchev–Trinajstić information content (AvgIpc) is 2.32. The average molecular weight is 248 g/mol. The van der Waals surface area contributed by atoms with E-state index in [9.17, 15) is 0 Å². The fourth-order valence-electron chi connectivity index (χ4n) is 2.48. The summed E-state index contributed by atoms with van der Waals surface area (Å²) < 4.78 is 0. The van der Waals surface area contributed by atoms with Crippen LogP contribution in [-0.2, 0) is 6.54 Å². The first-order valence-corrected chi connectivity index (χ1v) is 7.08. The van der Waals surface area contributed by atoms with Crippen molar-refractivity contribution in [2.75, 3.05) is 26.2 Å². The molecule has 1 rings (SSSR count). The van der Waals surface area contributed by atoms with Gasteiger partial charge < -0.3 is 10.2 Å². The van der Waals surface area contributed by atoms with Crippen molar-refractivity contribution in [3.05, 3.63) is 34.4 Å². The Hall–Kier alpha value is -0.860. The molecule has 0 fully saturated rings. The molecule has 0 aromatic heterocycles. The fourth-order valence-corrected chi connectivity index (χ4v) is 2.48. The predicted molar refractivity (Wildman–Crippen MR) is 80.1 cm³/mol. The van der Waals surface area contributed by atoms with Crippen molar-refractivity contribution in [1.82, 2.24) is 10.2 Å². The van der Waals surface area contributed by atoms with Crippen molar-refractivity contribution in [1.29, 1.82) is 0 Å². The first kappa shape index (κ1) is 15.2. The summed E-state index contributed by atoms with van der Waals surface area (Å²) in [5.41, 5.74) is 5.63. The lowest BCUT2D eigenvalue weighted by molar-refractivity contribution is 0.302.